The Morgan fingerprint density at radius 2 is 1.08 bits per heavy atom. The monoisotopic (exact) mass is 664 g/mol. The number of fused-ring (bicyclic) bond motifs is 7. The summed E-state index contributed by atoms with van der Waals surface area (Å²) in [5.74, 6) is 0.521. The number of rotatable bonds is 5. The van der Waals surface area contributed by atoms with Crippen molar-refractivity contribution >= 4 is 43.7 Å². The quantitative estimate of drug-likeness (QED) is 0.184. The van der Waals surface area contributed by atoms with Gasteiger partial charge in [0.25, 0.3) is 0 Å². The predicted molar refractivity (Wildman–Crippen MR) is 210 cm³/mol. The number of para-hydroxylation sites is 2. The molecular formula is C47H28N4O. The van der Waals surface area contributed by atoms with Gasteiger partial charge in [-0.05, 0) is 41.5 Å². The van der Waals surface area contributed by atoms with Crippen molar-refractivity contribution in [2.24, 2.45) is 0 Å². The summed E-state index contributed by atoms with van der Waals surface area (Å²) in [6.07, 6.45) is 0. The lowest BCUT2D eigenvalue weighted by molar-refractivity contribution is 0.671. The molecule has 5 nitrogen and oxygen atoms in total. The maximum absolute atomic E-state index is 10.6. The molecule has 52 heavy (non-hydrogen) atoms. The van der Waals surface area contributed by atoms with Crippen LogP contribution in [0.25, 0.3) is 94.5 Å². The topological polar surface area (TPSA) is 67.6 Å². The maximum atomic E-state index is 10.6. The second-order valence-corrected chi connectivity index (χ2v) is 12.9. The van der Waals surface area contributed by atoms with E-state index in [1.807, 2.05) is 97.1 Å². The Hall–Kier alpha value is -7.29. The molecule has 0 bridgehead atoms. The second kappa shape index (κ2) is 11.9. The number of benzene rings is 7. The van der Waals surface area contributed by atoms with E-state index in [0.29, 0.717) is 22.8 Å². The summed E-state index contributed by atoms with van der Waals surface area (Å²) >= 11 is 0. The van der Waals surface area contributed by atoms with E-state index in [9.17, 15) is 5.26 Å². The maximum Gasteiger partial charge on any atom is 0.162 e. The van der Waals surface area contributed by atoms with Gasteiger partial charge in [0.05, 0.1) is 28.1 Å². The second-order valence-electron chi connectivity index (χ2n) is 12.9. The van der Waals surface area contributed by atoms with Gasteiger partial charge >= 0.3 is 0 Å². The third kappa shape index (κ3) is 4.63. The highest BCUT2D eigenvalue weighted by molar-refractivity contribution is 6.21. The summed E-state index contributed by atoms with van der Waals surface area (Å²) in [6.45, 7) is 0. The van der Waals surface area contributed by atoms with Gasteiger partial charge in [0.2, 0.25) is 0 Å². The highest BCUT2D eigenvalue weighted by atomic mass is 16.3. The zero-order valence-electron chi connectivity index (χ0n) is 27.9. The molecule has 0 atom stereocenters. The molecule has 10 rings (SSSR count). The van der Waals surface area contributed by atoms with Gasteiger partial charge in [-0.1, -0.05) is 140 Å². The van der Waals surface area contributed by atoms with Crippen LogP contribution in [0.5, 0.6) is 0 Å². The van der Waals surface area contributed by atoms with Crippen LogP contribution >= 0.6 is 0 Å². The number of furan rings is 1. The molecule has 0 radical (unpaired) electrons. The number of nitrogens with zero attached hydrogens (tertiary/aromatic N) is 4. The minimum atomic E-state index is 0.433. The van der Waals surface area contributed by atoms with E-state index >= 15 is 0 Å². The normalized spacial score (nSPS) is 11.4. The van der Waals surface area contributed by atoms with Crippen molar-refractivity contribution in [1.82, 2.24) is 14.5 Å². The molecule has 0 spiro atoms. The molecule has 0 aliphatic rings. The summed E-state index contributed by atoms with van der Waals surface area (Å²) in [6, 6.07) is 60.1. The molecule has 0 aliphatic carbocycles. The van der Waals surface area contributed by atoms with E-state index in [-0.39, 0.29) is 0 Å². The van der Waals surface area contributed by atoms with Crippen LogP contribution in [0.15, 0.2) is 174 Å². The fourth-order valence-corrected chi connectivity index (χ4v) is 7.50. The summed E-state index contributed by atoms with van der Waals surface area (Å²) in [5.41, 5.74) is 10.8. The van der Waals surface area contributed by atoms with Gasteiger partial charge in [0.15, 0.2) is 11.4 Å². The minimum absolute atomic E-state index is 0.433. The van der Waals surface area contributed by atoms with Gasteiger partial charge in [0.1, 0.15) is 17.2 Å². The van der Waals surface area contributed by atoms with Gasteiger partial charge in [-0.3, -0.25) is 0 Å². The summed E-state index contributed by atoms with van der Waals surface area (Å²) in [5, 5.41) is 15.0. The van der Waals surface area contributed by atoms with Gasteiger partial charge in [-0.25, -0.2) is 9.97 Å². The zero-order valence-corrected chi connectivity index (χ0v) is 27.9. The molecule has 242 valence electrons. The standard InChI is InChI=1S/C47H28N4O/c48-29-39-43(31-16-6-2-7-17-31)49-47(50-44(39)32-18-8-3-9-19-32)38-28-33(30-14-4-1-5-15-30)24-27-41(38)51-40-22-12-10-20-34(40)36-25-26-37-35-21-11-13-23-42(35)52-46(37)45(36)51/h1-28H. The van der Waals surface area contributed by atoms with E-state index in [2.05, 4.69) is 83.4 Å². The van der Waals surface area contributed by atoms with Crippen LogP contribution in [0.4, 0.5) is 0 Å². The van der Waals surface area contributed by atoms with Gasteiger partial charge in [-0.15, -0.1) is 0 Å². The zero-order chi connectivity index (χ0) is 34.6. The first kappa shape index (κ1) is 29.6. The van der Waals surface area contributed by atoms with E-state index in [4.69, 9.17) is 14.4 Å². The van der Waals surface area contributed by atoms with Crippen LogP contribution in [0.1, 0.15) is 5.56 Å². The predicted octanol–water partition coefficient (Wildman–Crippen LogP) is 12.0. The highest BCUT2D eigenvalue weighted by Crippen LogP contribution is 2.43. The lowest BCUT2D eigenvalue weighted by atomic mass is 9.98. The van der Waals surface area contributed by atoms with Crippen molar-refractivity contribution in [2.75, 3.05) is 0 Å². The van der Waals surface area contributed by atoms with Crippen molar-refractivity contribution in [3.63, 3.8) is 0 Å². The summed E-state index contributed by atoms with van der Waals surface area (Å²) in [7, 11) is 0. The Morgan fingerprint density at radius 3 is 1.75 bits per heavy atom. The van der Waals surface area contributed by atoms with Crippen LogP contribution in [0.3, 0.4) is 0 Å². The van der Waals surface area contributed by atoms with Crippen LogP contribution < -0.4 is 0 Å². The van der Waals surface area contributed by atoms with Crippen molar-refractivity contribution in [2.45, 2.75) is 0 Å². The number of nitriles is 1. The van der Waals surface area contributed by atoms with Crippen LogP contribution in [-0.2, 0) is 0 Å². The minimum Gasteiger partial charge on any atom is -0.454 e. The first-order chi connectivity index (χ1) is 25.8. The SMILES string of the molecule is N#Cc1c(-c2ccccc2)nc(-c2cc(-c3ccccc3)ccc2-n2c3ccccc3c3ccc4c5ccccc5oc4c32)nc1-c1ccccc1. The van der Waals surface area contributed by atoms with Crippen molar-refractivity contribution < 1.29 is 4.42 Å². The first-order valence-electron chi connectivity index (χ1n) is 17.2. The molecule has 0 unspecified atom stereocenters. The van der Waals surface area contributed by atoms with Crippen molar-refractivity contribution in [3.05, 3.63) is 175 Å². The van der Waals surface area contributed by atoms with Crippen LogP contribution in [0.2, 0.25) is 0 Å². The molecule has 3 aromatic heterocycles. The highest BCUT2D eigenvalue weighted by Gasteiger charge is 2.24. The van der Waals surface area contributed by atoms with E-state index in [1.165, 1.54) is 0 Å². The molecular weight excluding hydrogens is 637 g/mol. The van der Waals surface area contributed by atoms with E-state index in [0.717, 1.165) is 77.2 Å². The Bertz CT molecular complexity index is 2950. The lowest BCUT2D eigenvalue weighted by Crippen LogP contribution is -2.04. The molecule has 5 heteroatoms. The fourth-order valence-electron chi connectivity index (χ4n) is 7.50. The largest absolute Gasteiger partial charge is 0.454 e. The summed E-state index contributed by atoms with van der Waals surface area (Å²) < 4.78 is 8.99. The van der Waals surface area contributed by atoms with Gasteiger partial charge in [0, 0.05) is 38.2 Å². The molecule has 0 N–H and O–H groups in total. The average molecular weight is 665 g/mol. The van der Waals surface area contributed by atoms with Crippen LogP contribution in [0, 0.1) is 11.3 Å². The van der Waals surface area contributed by atoms with E-state index in [1.54, 1.807) is 0 Å². The molecule has 0 amide bonds. The third-order valence-electron chi connectivity index (χ3n) is 9.88. The van der Waals surface area contributed by atoms with Crippen LogP contribution in [-0.4, -0.2) is 14.5 Å². The fraction of sp³-hybridized carbons (Fsp3) is 0. The number of aromatic nitrogens is 3. The Labute approximate surface area is 299 Å². The third-order valence-corrected chi connectivity index (χ3v) is 9.88. The number of hydrogen-bond donors (Lipinski definition) is 0. The smallest absolute Gasteiger partial charge is 0.162 e. The Morgan fingerprint density at radius 1 is 0.500 bits per heavy atom. The van der Waals surface area contributed by atoms with Gasteiger partial charge in [-0.2, -0.15) is 5.26 Å². The lowest BCUT2D eigenvalue weighted by Gasteiger charge is -2.17. The number of hydrogen-bond acceptors (Lipinski definition) is 4. The molecule has 7 aromatic carbocycles. The molecule has 0 saturated heterocycles. The van der Waals surface area contributed by atoms with E-state index < -0.39 is 0 Å². The van der Waals surface area contributed by atoms with Crippen molar-refractivity contribution in [1.29, 1.82) is 5.26 Å². The molecule has 0 saturated carbocycles. The molecule has 10 aromatic rings. The molecule has 0 fully saturated rings. The Kier molecular flexibility index (Phi) is 6.80. The summed E-state index contributed by atoms with van der Waals surface area (Å²) in [4.78, 5) is 10.5. The molecule has 0 aliphatic heterocycles. The van der Waals surface area contributed by atoms with Crippen molar-refractivity contribution in [3.8, 4) is 56.8 Å². The average Bonchev–Trinajstić information content (AvgIpc) is 3.77. The Balaban J connectivity index is 1.35. The molecule has 3 heterocycles. The first-order valence-corrected chi connectivity index (χ1v) is 17.2. The van der Waals surface area contributed by atoms with Gasteiger partial charge < -0.3 is 8.98 Å².